The SMILES string of the molecule is CC1=CC(C)CC(C(O)Cc2ccco2)C1. The van der Waals surface area contributed by atoms with E-state index < -0.39 is 0 Å². The molecule has 2 heteroatoms. The van der Waals surface area contributed by atoms with Crippen LogP contribution in [0.25, 0.3) is 0 Å². The zero-order chi connectivity index (χ0) is 11.5. The van der Waals surface area contributed by atoms with Crippen molar-refractivity contribution in [1.82, 2.24) is 0 Å². The maximum absolute atomic E-state index is 10.2. The molecule has 88 valence electrons. The summed E-state index contributed by atoms with van der Waals surface area (Å²) in [6.07, 6.45) is 6.44. The minimum atomic E-state index is -0.280. The van der Waals surface area contributed by atoms with Crippen LogP contribution in [0.1, 0.15) is 32.4 Å². The first-order valence-corrected chi connectivity index (χ1v) is 6.03. The van der Waals surface area contributed by atoms with E-state index in [1.54, 1.807) is 6.26 Å². The molecule has 1 aromatic rings. The van der Waals surface area contributed by atoms with Gasteiger partial charge in [-0.15, -0.1) is 0 Å². The first-order valence-electron chi connectivity index (χ1n) is 6.03. The summed E-state index contributed by atoms with van der Waals surface area (Å²) in [4.78, 5) is 0. The largest absolute Gasteiger partial charge is 0.469 e. The molecule has 1 N–H and O–H groups in total. The maximum atomic E-state index is 10.2. The third-order valence-corrected chi connectivity index (χ3v) is 3.36. The monoisotopic (exact) mass is 220 g/mol. The van der Waals surface area contributed by atoms with E-state index in [-0.39, 0.29) is 6.10 Å². The van der Waals surface area contributed by atoms with Gasteiger partial charge in [0.25, 0.3) is 0 Å². The topological polar surface area (TPSA) is 33.4 Å². The zero-order valence-electron chi connectivity index (χ0n) is 10.0. The van der Waals surface area contributed by atoms with Crippen molar-refractivity contribution in [3.8, 4) is 0 Å². The molecule has 0 radical (unpaired) electrons. The predicted octanol–water partition coefficient (Wildman–Crippen LogP) is 3.18. The van der Waals surface area contributed by atoms with Crippen LogP contribution in [0.3, 0.4) is 0 Å². The van der Waals surface area contributed by atoms with E-state index in [2.05, 4.69) is 19.9 Å². The summed E-state index contributed by atoms with van der Waals surface area (Å²) in [5.74, 6) is 1.85. The highest BCUT2D eigenvalue weighted by Gasteiger charge is 2.25. The summed E-state index contributed by atoms with van der Waals surface area (Å²) in [6, 6.07) is 3.80. The molecule has 1 aromatic heterocycles. The van der Waals surface area contributed by atoms with Crippen molar-refractivity contribution in [2.45, 2.75) is 39.2 Å². The molecule has 1 aliphatic rings. The molecule has 0 aromatic carbocycles. The fourth-order valence-electron chi connectivity index (χ4n) is 2.69. The van der Waals surface area contributed by atoms with Gasteiger partial charge in [0, 0.05) is 6.42 Å². The highest BCUT2D eigenvalue weighted by atomic mass is 16.3. The van der Waals surface area contributed by atoms with Crippen molar-refractivity contribution in [2.24, 2.45) is 11.8 Å². The van der Waals surface area contributed by atoms with Crippen molar-refractivity contribution in [2.75, 3.05) is 0 Å². The van der Waals surface area contributed by atoms with Crippen LogP contribution < -0.4 is 0 Å². The van der Waals surface area contributed by atoms with E-state index in [4.69, 9.17) is 4.42 Å². The lowest BCUT2D eigenvalue weighted by Gasteiger charge is -2.29. The molecule has 2 nitrogen and oxygen atoms in total. The van der Waals surface area contributed by atoms with Crippen molar-refractivity contribution in [3.63, 3.8) is 0 Å². The number of hydrogen-bond acceptors (Lipinski definition) is 2. The Labute approximate surface area is 97.0 Å². The Morgan fingerprint density at radius 1 is 1.56 bits per heavy atom. The molecule has 0 spiro atoms. The lowest BCUT2D eigenvalue weighted by atomic mass is 9.79. The number of furan rings is 1. The van der Waals surface area contributed by atoms with Gasteiger partial charge in [0.15, 0.2) is 0 Å². The van der Waals surface area contributed by atoms with Crippen LogP contribution in [0.4, 0.5) is 0 Å². The van der Waals surface area contributed by atoms with Crippen LogP contribution in [0.5, 0.6) is 0 Å². The van der Waals surface area contributed by atoms with Gasteiger partial charge in [0.2, 0.25) is 0 Å². The zero-order valence-corrected chi connectivity index (χ0v) is 10.0. The highest BCUT2D eigenvalue weighted by Crippen LogP contribution is 2.31. The van der Waals surface area contributed by atoms with E-state index in [1.165, 1.54) is 5.57 Å². The average molecular weight is 220 g/mol. The summed E-state index contributed by atoms with van der Waals surface area (Å²) in [6.45, 7) is 4.37. The number of aliphatic hydroxyl groups is 1. The molecular weight excluding hydrogens is 200 g/mol. The third-order valence-electron chi connectivity index (χ3n) is 3.36. The van der Waals surface area contributed by atoms with Gasteiger partial charge in [0.1, 0.15) is 5.76 Å². The van der Waals surface area contributed by atoms with Gasteiger partial charge in [-0.1, -0.05) is 18.6 Å². The number of allylic oxidation sites excluding steroid dienone is 2. The van der Waals surface area contributed by atoms with Crippen LogP contribution >= 0.6 is 0 Å². The van der Waals surface area contributed by atoms with Crippen LogP contribution in [-0.4, -0.2) is 11.2 Å². The Balaban J connectivity index is 1.95. The van der Waals surface area contributed by atoms with Crippen LogP contribution in [-0.2, 0) is 6.42 Å². The molecular formula is C14H20O2. The van der Waals surface area contributed by atoms with E-state index in [0.717, 1.165) is 18.6 Å². The minimum absolute atomic E-state index is 0.280. The van der Waals surface area contributed by atoms with E-state index in [1.807, 2.05) is 12.1 Å². The summed E-state index contributed by atoms with van der Waals surface area (Å²) >= 11 is 0. The normalized spacial score (nSPS) is 27.6. The Hall–Kier alpha value is -1.02. The van der Waals surface area contributed by atoms with Gasteiger partial charge in [-0.2, -0.15) is 0 Å². The Morgan fingerprint density at radius 2 is 2.38 bits per heavy atom. The first-order chi connectivity index (χ1) is 7.65. The average Bonchev–Trinajstić information content (AvgIpc) is 2.68. The van der Waals surface area contributed by atoms with Crippen molar-refractivity contribution in [1.29, 1.82) is 0 Å². The van der Waals surface area contributed by atoms with Crippen molar-refractivity contribution in [3.05, 3.63) is 35.8 Å². The number of aliphatic hydroxyl groups excluding tert-OH is 1. The first kappa shape index (κ1) is 11.5. The second kappa shape index (κ2) is 4.88. The van der Waals surface area contributed by atoms with Crippen molar-refractivity contribution >= 4 is 0 Å². The lowest BCUT2D eigenvalue weighted by Crippen LogP contribution is -2.26. The summed E-state index contributed by atoms with van der Waals surface area (Å²) in [5.41, 5.74) is 1.40. The van der Waals surface area contributed by atoms with Crippen molar-refractivity contribution < 1.29 is 9.52 Å². The molecule has 3 unspecified atom stereocenters. The second-order valence-corrected chi connectivity index (χ2v) is 5.04. The molecule has 0 saturated heterocycles. The molecule has 0 fully saturated rings. The lowest BCUT2D eigenvalue weighted by molar-refractivity contribution is 0.0883. The molecule has 1 aliphatic carbocycles. The molecule has 2 rings (SSSR count). The quantitative estimate of drug-likeness (QED) is 0.794. The Morgan fingerprint density at radius 3 is 3.00 bits per heavy atom. The van der Waals surface area contributed by atoms with Gasteiger partial charge in [-0.25, -0.2) is 0 Å². The molecule has 0 saturated carbocycles. The van der Waals surface area contributed by atoms with E-state index in [0.29, 0.717) is 18.3 Å². The van der Waals surface area contributed by atoms with Gasteiger partial charge < -0.3 is 9.52 Å². The Kier molecular flexibility index (Phi) is 3.49. The van der Waals surface area contributed by atoms with E-state index in [9.17, 15) is 5.11 Å². The second-order valence-electron chi connectivity index (χ2n) is 5.04. The maximum Gasteiger partial charge on any atom is 0.106 e. The van der Waals surface area contributed by atoms with Gasteiger partial charge in [-0.05, 0) is 43.7 Å². The van der Waals surface area contributed by atoms with Crippen LogP contribution in [0, 0.1) is 11.8 Å². The molecule has 0 aliphatic heterocycles. The van der Waals surface area contributed by atoms with Crippen LogP contribution in [0.2, 0.25) is 0 Å². The van der Waals surface area contributed by atoms with Gasteiger partial charge in [-0.3, -0.25) is 0 Å². The fraction of sp³-hybridized carbons (Fsp3) is 0.571. The molecule has 1 heterocycles. The molecule has 16 heavy (non-hydrogen) atoms. The Bertz CT molecular complexity index is 351. The fourth-order valence-corrected chi connectivity index (χ4v) is 2.69. The van der Waals surface area contributed by atoms with Gasteiger partial charge >= 0.3 is 0 Å². The summed E-state index contributed by atoms with van der Waals surface area (Å²) in [7, 11) is 0. The van der Waals surface area contributed by atoms with Crippen LogP contribution in [0.15, 0.2) is 34.5 Å². The van der Waals surface area contributed by atoms with Gasteiger partial charge in [0.05, 0.1) is 12.4 Å². The molecule has 0 bridgehead atoms. The standard InChI is InChI=1S/C14H20O2/c1-10-6-11(2)8-12(7-10)14(15)9-13-4-3-5-16-13/h3-6,10,12,14-15H,7-9H2,1-2H3. The third kappa shape index (κ3) is 2.76. The highest BCUT2D eigenvalue weighted by molar-refractivity contribution is 5.08. The number of rotatable bonds is 3. The summed E-state index contributed by atoms with van der Waals surface area (Å²) in [5, 5.41) is 10.2. The van der Waals surface area contributed by atoms with E-state index >= 15 is 0 Å². The number of hydrogen-bond donors (Lipinski definition) is 1. The summed E-state index contributed by atoms with van der Waals surface area (Å²) < 4.78 is 5.27. The molecule has 3 atom stereocenters. The molecule has 0 amide bonds. The predicted molar refractivity (Wildman–Crippen MR) is 64.1 cm³/mol. The smallest absolute Gasteiger partial charge is 0.106 e. The minimum Gasteiger partial charge on any atom is -0.469 e.